The van der Waals surface area contributed by atoms with E-state index in [0.29, 0.717) is 19.1 Å². The van der Waals surface area contributed by atoms with E-state index in [4.69, 9.17) is 9.47 Å². The van der Waals surface area contributed by atoms with Crippen molar-refractivity contribution in [3.8, 4) is 0 Å². The van der Waals surface area contributed by atoms with Gasteiger partial charge in [-0.15, -0.1) is 0 Å². The van der Waals surface area contributed by atoms with Gasteiger partial charge in [0.15, 0.2) is 0 Å². The fraction of sp³-hybridized carbons (Fsp3) is 0.933. The zero-order valence-corrected chi connectivity index (χ0v) is 12.8. The van der Waals surface area contributed by atoms with E-state index < -0.39 is 0 Å². The fourth-order valence-corrected chi connectivity index (χ4v) is 2.84. The smallest absolute Gasteiger partial charge is 0.307 e. The maximum atomic E-state index is 11.4. The van der Waals surface area contributed by atoms with Gasteiger partial charge in [-0.1, -0.05) is 13.8 Å². The molecule has 0 aromatic heterocycles. The maximum absolute atomic E-state index is 11.4. The van der Waals surface area contributed by atoms with Crippen molar-refractivity contribution in [3.63, 3.8) is 0 Å². The van der Waals surface area contributed by atoms with Gasteiger partial charge in [-0.25, -0.2) is 0 Å². The minimum atomic E-state index is -0.119. The Hall–Kier alpha value is -0.610. The molecular formula is C15H29NO3. The highest BCUT2D eigenvalue weighted by molar-refractivity contribution is 5.70. The Morgan fingerprint density at radius 3 is 2.68 bits per heavy atom. The third kappa shape index (κ3) is 5.11. The first-order valence-corrected chi connectivity index (χ1v) is 7.60. The number of esters is 1. The van der Waals surface area contributed by atoms with Crippen LogP contribution in [0.15, 0.2) is 0 Å². The summed E-state index contributed by atoms with van der Waals surface area (Å²) in [5.41, 5.74) is 0.0273. The summed E-state index contributed by atoms with van der Waals surface area (Å²) < 4.78 is 10.9. The molecule has 1 fully saturated rings. The molecule has 0 aromatic rings. The lowest BCUT2D eigenvalue weighted by Gasteiger charge is -2.41. The molecule has 19 heavy (non-hydrogen) atoms. The molecule has 2 unspecified atom stereocenters. The molecule has 0 radical (unpaired) electrons. The summed E-state index contributed by atoms with van der Waals surface area (Å²) in [4.78, 5) is 11.4. The van der Waals surface area contributed by atoms with E-state index in [0.717, 1.165) is 32.3 Å². The van der Waals surface area contributed by atoms with Gasteiger partial charge in [0.25, 0.3) is 0 Å². The SMILES string of the molecule is CCOC(=O)CC(C)NC1CCOC(CC)(CC)C1. The first-order chi connectivity index (χ1) is 9.05. The van der Waals surface area contributed by atoms with Crippen molar-refractivity contribution in [2.75, 3.05) is 13.2 Å². The van der Waals surface area contributed by atoms with Crippen molar-refractivity contribution in [1.29, 1.82) is 0 Å². The van der Waals surface area contributed by atoms with Crippen LogP contribution in [0.2, 0.25) is 0 Å². The highest BCUT2D eigenvalue weighted by Gasteiger charge is 2.34. The monoisotopic (exact) mass is 271 g/mol. The highest BCUT2D eigenvalue weighted by atomic mass is 16.5. The van der Waals surface area contributed by atoms with Gasteiger partial charge in [-0.2, -0.15) is 0 Å². The topological polar surface area (TPSA) is 47.6 Å². The second-order valence-corrected chi connectivity index (χ2v) is 5.51. The molecule has 2 atom stereocenters. The van der Waals surface area contributed by atoms with Gasteiger partial charge in [0.1, 0.15) is 0 Å². The Balaban J connectivity index is 2.41. The van der Waals surface area contributed by atoms with Crippen molar-refractivity contribution in [3.05, 3.63) is 0 Å². The number of carbonyl (C=O) groups is 1. The molecule has 1 N–H and O–H groups in total. The molecule has 1 aliphatic heterocycles. The van der Waals surface area contributed by atoms with Crippen LogP contribution in [0.3, 0.4) is 0 Å². The molecule has 4 heteroatoms. The number of rotatable bonds is 7. The minimum Gasteiger partial charge on any atom is -0.466 e. The molecule has 1 heterocycles. The van der Waals surface area contributed by atoms with Gasteiger partial charge in [0.05, 0.1) is 18.6 Å². The molecule has 1 aliphatic rings. The van der Waals surface area contributed by atoms with Crippen LogP contribution in [-0.4, -0.2) is 36.9 Å². The first-order valence-electron chi connectivity index (χ1n) is 7.60. The van der Waals surface area contributed by atoms with E-state index in [9.17, 15) is 4.79 Å². The van der Waals surface area contributed by atoms with Gasteiger partial charge < -0.3 is 14.8 Å². The average Bonchev–Trinajstić information content (AvgIpc) is 2.38. The maximum Gasteiger partial charge on any atom is 0.307 e. The molecule has 112 valence electrons. The quantitative estimate of drug-likeness (QED) is 0.723. The summed E-state index contributed by atoms with van der Waals surface area (Å²) in [7, 11) is 0. The van der Waals surface area contributed by atoms with Crippen molar-refractivity contribution in [1.82, 2.24) is 5.32 Å². The molecule has 1 rings (SSSR count). The molecule has 0 spiro atoms. The molecule has 0 aliphatic carbocycles. The Labute approximate surface area is 117 Å². The van der Waals surface area contributed by atoms with Crippen LogP contribution >= 0.6 is 0 Å². The normalized spacial score (nSPS) is 23.9. The second kappa shape index (κ2) is 7.85. The van der Waals surface area contributed by atoms with Crippen LogP contribution in [0.25, 0.3) is 0 Å². The molecule has 4 nitrogen and oxygen atoms in total. The second-order valence-electron chi connectivity index (χ2n) is 5.51. The number of carbonyl (C=O) groups excluding carboxylic acids is 1. The zero-order chi connectivity index (χ0) is 14.3. The number of hydrogen-bond acceptors (Lipinski definition) is 4. The van der Waals surface area contributed by atoms with Crippen molar-refractivity contribution < 1.29 is 14.3 Å². The van der Waals surface area contributed by atoms with Gasteiger partial charge in [0.2, 0.25) is 0 Å². The Kier molecular flexibility index (Phi) is 6.80. The standard InChI is InChI=1S/C15H29NO3/c1-5-15(6-2)11-13(8-9-19-15)16-12(4)10-14(17)18-7-3/h12-13,16H,5-11H2,1-4H3. The third-order valence-corrected chi connectivity index (χ3v) is 4.08. The van der Waals surface area contributed by atoms with Gasteiger partial charge in [-0.05, 0) is 39.5 Å². The van der Waals surface area contributed by atoms with Gasteiger partial charge in [-0.3, -0.25) is 4.79 Å². The largest absolute Gasteiger partial charge is 0.466 e. The fourth-order valence-electron chi connectivity index (χ4n) is 2.84. The van der Waals surface area contributed by atoms with Crippen LogP contribution in [0.5, 0.6) is 0 Å². The molecule has 0 saturated carbocycles. The lowest BCUT2D eigenvalue weighted by molar-refractivity contribution is -0.143. The van der Waals surface area contributed by atoms with E-state index in [2.05, 4.69) is 19.2 Å². The van der Waals surface area contributed by atoms with E-state index in [1.54, 1.807) is 0 Å². The Bertz CT molecular complexity index is 277. The number of nitrogens with one attached hydrogen (secondary N) is 1. The molecule has 0 amide bonds. The first kappa shape index (κ1) is 16.4. The zero-order valence-electron chi connectivity index (χ0n) is 12.8. The van der Waals surface area contributed by atoms with E-state index in [1.807, 2.05) is 13.8 Å². The van der Waals surface area contributed by atoms with Crippen molar-refractivity contribution in [2.45, 2.75) is 77.5 Å². The summed E-state index contributed by atoms with van der Waals surface area (Å²) in [5.74, 6) is -0.119. The molecule has 1 saturated heterocycles. The van der Waals surface area contributed by atoms with Crippen LogP contribution in [0.1, 0.15) is 59.8 Å². The van der Waals surface area contributed by atoms with Crippen LogP contribution in [0, 0.1) is 0 Å². The molecular weight excluding hydrogens is 242 g/mol. The van der Waals surface area contributed by atoms with E-state index in [1.165, 1.54) is 0 Å². The van der Waals surface area contributed by atoms with Crippen molar-refractivity contribution >= 4 is 5.97 Å². The van der Waals surface area contributed by atoms with Crippen LogP contribution in [0.4, 0.5) is 0 Å². The molecule has 0 bridgehead atoms. The predicted octanol–water partition coefficient (Wildman–Crippen LogP) is 2.66. The Morgan fingerprint density at radius 2 is 2.11 bits per heavy atom. The van der Waals surface area contributed by atoms with Crippen LogP contribution < -0.4 is 5.32 Å². The summed E-state index contributed by atoms with van der Waals surface area (Å²) in [6, 6.07) is 0.603. The Morgan fingerprint density at radius 1 is 1.42 bits per heavy atom. The highest BCUT2D eigenvalue weighted by Crippen LogP contribution is 2.31. The lowest BCUT2D eigenvalue weighted by atomic mass is 9.85. The summed E-state index contributed by atoms with van der Waals surface area (Å²) in [6.45, 7) is 9.53. The van der Waals surface area contributed by atoms with Crippen LogP contribution in [-0.2, 0) is 14.3 Å². The third-order valence-electron chi connectivity index (χ3n) is 4.08. The average molecular weight is 271 g/mol. The molecule has 0 aromatic carbocycles. The summed E-state index contributed by atoms with van der Waals surface area (Å²) in [5, 5.41) is 3.55. The van der Waals surface area contributed by atoms with E-state index in [-0.39, 0.29) is 17.6 Å². The lowest BCUT2D eigenvalue weighted by Crippen LogP contribution is -2.49. The minimum absolute atomic E-state index is 0.0273. The number of hydrogen-bond donors (Lipinski definition) is 1. The van der Waals surface area contributed by atoms with Gasteiger partial charge >= 0.3 is 5.97 Å². The van der Waals surface area contributed by atoms with Gasteiger partial charge in [0, 0.05) is 18.7 Å². The summed E-state index contributed by atoms with van der Waals surface area (Å²) in [6.07, 6.45) is 4.60. The summed E-state index contributed by atoms with van der Waals surface area (Å²) >= 11 is 0. The van der Waals surface area contributed by atoms with Crippen molar-refractivity contribution in [2.24, 2.45) is 0 Å². The predicted molar refractivity (Wildman–Crippen MR) is 76.1 cm³/mol. The van der Waals surface area contributed by atoms with E-state index >= 15 is 0 Å². The number of ether oxygens (including phenoxy) is 2.